The van der Waals surface area contributed by atoms with E-state index in [1.54, 1.807) is 12.2 Å². The maximum atomic E-state index is 12.4. The highest BCUT2D eigenvalue weighted by Crippen LogP contribution is 2.40. The van der Waals surface area contributed by atoms with Crippen molar-refractivity contribution >= 4 is 48.5 Å². The molecule has 2 aliphatic rings. The Balaban J connectivity index is 1.77. The Morgan fingerprint density at radius 3 is 2.66 bits per heavy atom. The molecule has 162 valence electrons. The van der Waals surface area contributed by atoms with Gasteiger partial charge in [0.05, 0.1) is 41.4 Å². The fraction of sp³-hybridized carbons (Fsp3) is 0.650. The Labute approximate surface area is 192 Å². The third-order valence-corrected chi connectivity index (χ3v) is 12.4. The van der Waals surface area contributed by atoms with Crippen molar-refractivity contribution in [2.24, 2.45) is 5.92 Å². The van der Waals surface area contributed by atoms with Gasteiger partial charge in [0.15, 0.2) is 8.32 Å². The second-order valence-corrected chi connectivity index (χ2v) is 15.4. The Hall–Kier alpha value is -0.393. The van der Waals surface area contributed by atoms with Crippen molar-refractivity contribution in [1.29, 1.82) is 0 Å². The Morgan fingerprint density at radius 1 is 1.34 bits per heavy atom. The topological polar surface area (TPSA) is 57.2 Å². The summed E-state index contributed by atoms with van der Waals surface area (Å²) in [6, 6.07) is 3.31. The van der Waals surface area contributed by atoms with E-state index in [0.29, 0.717) is 30.5 Å². The third-order valence-electron chi connectivity index (χ3n) is 6.20. The molecule has 0 N–H and O–H groups in total. The maximum Gasteiger partial charge on any atom is 0.326 e. The van der Waals surface area contributed by atoms with Gasteiger partial charge in [-0.2, -0.15) is 5.06 Å². The predicted octanol–water partition coefficient (Wildman–Crippen LogP) is 4.63. The molecule has 0 spiro atoms. The van der Waals surface area contributed by atoms with Gasteiger partial charge >= 0.3 is 5.97 Å². The molecule has 6 nitrogen and oxygen atoms in total. The molecule has 0 amide bonds. The first-order valence-corrected chi connectivity index (χ1v) is 14.1. The average molecular weight is 554 g/mol. The lowest BCUT2D eigenvalue weighted by molar-refractivity contribution is -0.192. The molecule has 1 aromatic rings. The molecule has 0 saturated carbocycles. The zero-order valence-electron chi connectivity index (χ0n) is 17.8. The van der Waals surface area contributed by atoms with Crippen LogP contribution in [0, 0.1) is 9.49 Å². The number of hydrogen-bond acceptors (Lipinski definition) is 6. The summed E-state index contributed by atoms with van der Waals surface area (Å²) in [5.74, 6) is 0.419. The lowest BCUT2D eigenvalue weighted by Gasteiger charge is -2.37. The van der Waals surface area contributed by atoms with E-state index in [1.165, 1.54) is 0 Å². The lowest BCUT2D eigenvalue weighted by atomic mass is 9.98. The molecule has 0 unspecified atom stereocenters. The monoisotopic (exact) mass is 553 g/mol. The van der Waals surface area contributed by atoms with Crippen LogP contribution in [0.1, 0.15) is 26.3 Å². The van der Waals surface area contributed by atoms with Crippen molar-refractivity contribution in [2.45, 2.75) is 57.6 Å². The number of esters is 1. The van der Waals surface area contributed by atoms with E-state index in [1.807, 2.05) is 12.1 Å². The minimum atomic E-state index is -1.92. The van der Waals surface area contributed by atoms with Crippen LogP contribution in [-0.2, 0) is 25.3 Å². The van der Waals surface area contributed by atoms with Crippen molar-refractivity contribution < 1.29 is 23.5 Å². The van der Waals surface area contributed by atoms with Crippen LogP contribution in [0.25, 0.3) is 0 Å². The van der Waals surface area contributed by atoms with Gasteiger partial charge in [-0.15, -0.1) is 0 Å². The highest BCUT2D eigenvalue weighted by Gasteiger charge is 2.53. The Bertz CT molecular complexity index is 785. The van der Waals surface area contributed by atoms with Gasteiger partial charge in [-0.25, -0.2) is 0 Å². The van der Waals surface area contributed by atoms with Crippen molar-refractivity contribution in [3.05, 3.63) is 26.3 Å². The molecule has 0 aliphatic carbocycles. The highest BCUT2D eigenvalue weighted by atomic mass is 127. The van der Waals surface area contributed by atoms with E-state index in [9.17, 15) is 4.79 Å². The summed E-state index contributed by atoms with van der Waals surface area (Å²) in [7, 11) is -0.302. The number of hydrogen-bond donors (Lipinski definition) is 0. The van der Waals surface area contributed by atoms with E-state index in [0.717, 1.165) is 9.13 Å². The highest BCUT2D eigenvalue weighted by molar-refractivity contribution is 14.1. The first-order chi connectivity index (χ1) is 13.5. The Kier molecular flexibility index (Phi) is 6.92. The Morgan fingerprint density at radius 2 is 2.03 bits per heavy atom. The van der Waals surface area contributed by atoms with Crippen LogP contribution >= 0.6 is 34.2 Å². The smallest absolute Gasteiger partial charge is 0.326 e. The van der Waals surface area contributed by atoms with Crippen molar-refractivity contribution in [3.8, 4) is 5.75 Å². The van der Waals surface area contributed by atoms with Crippen LogP contribution in [0.5, 0.6) is 5.75 Å². The van der Waals surface area contributed by atoms with Crippen LogP contribution in [0.15, 0.2) is 12.1 Å². The molecular formula is C20H29ClINO5Si. The number of rotatable bonds is 6. The van der Waals surface area contributed by atoms with Crippen LogP contribution in [-0.4, -0.2) is 51.8 Å². The largest absolute Gasteiger partial charge is 0.495 e. The standard InChI is InChI=1S/C20H29ClINO5Si/c1-20(2,3)29(5,6)27-11-15-13-10-26-19(24)17(13)23(28-15)9-12-7-8-14(21)16(22)18(12)25-4/h7-8,13,15,17H,9-11H2,1-6H3/t13-,15+,17+/m1/s1. The minimum Gasteiger partial charge on any atom is -0.495 e. The molecule has 2 fully saturated rings. The molecule has 2 aliphatic heterocycles. The number of fused-ring (bicyclic) bond motifs is 1. The molecule has 3 atom stereocenters. The van der Waals surface area contributed by atoms with Crippen molar-refractivity contribution in [1.82, 2.24) is 5.06 Å². The summed E-state index contributed by atoms with van der Waals surface area (Å²) in [6.45, 7) is 12.3. The first-order valence-electron chi connectivity index (χ1n) is 9.71. The molecule has 29 heavy (non-hydrogen) atoms. The zero-order chi connectivity index (χ0) is 21.6. The van der Waals surface area contributed by atoms with Gasteiger partial charge in [0, 0.05) is 5.56 Å². The predicted molar refractivity (Wildman–Crippen MR) is 123 cm³/mol. The lowest BCUT2D eigenvalue weighted by Crippen LogP contribution is -2.43. The number of ether oxygens (including phenoxy) is 2. The maximum absolute atomic E-state index is 12.4. The summed E-state index contributed by atoms with van der Waals surface area (Å²) in [4.78, 5) is 18.6. The first kappa shape index (κ1) is 23.3. The quantitative estimate of drug-likeness (QED) is 0.291. The van der Waals surface area contributed by atoms with Gasteiger partial charge in [0.2, 0.25) is 0 Å². The molecule has 0 radical (unpaired) electrons. The van der Waals surface area contributed by atoms with Gasteiger partial charge in [-0.1, -0.05) is 38.4 Å². The van der Waals surface area contributed by atoms with Gasteiger partial charge in [-0.05, 0) is 46.8 Å². The van der Waals surface area contributed by atoms with E-state index in [-0.39, 0.29) is 23.0 Å². The van der Waals surface area contributed by atoms with Crippen molar-refractivity contribution in [2.75, 3.05) is 20.3 Å². The fourth-order valence-corrected chi connectivity index (χ4v) is 5.28. The number of cyclic esters (lactones) is 1. The van der Waals surface area contributed by atoms with Crippen LogP contribution < -0.4 is 4.74 Å². The molecular weight excluding hydrogens is 525 g/mol. The SMILES string of the molecule is COc1c(CN2O[C@@H](CO[Si](C)(C)C(C)(C)C)[C@H]3COC(=O)[C@H]32)ccc(Cl)c1I. The molecule has 3 rings (SSSR count). The molecule has 2 heterocycles. The molecule has 1 aromatic carbocycles. The number of carbonyl (C=O) groups is 1. The second-order valence-electron chi connectivity index (χ2n) is 9.08. The number of nitrogens with zero attached hydrogens (tertiary/aromatic N) is 1. The van der Waals surface area contributed by atoms with Gasteiger partial charge in [-0.3, -0.25) is 9.63 Å². The zero-order valence-corrected chi connectivity index (χ0v) is 21.7. The van der Waals surface area contributed by atoms with Crippen LogP contribution in [0.3, 0.4) is 0 Å². The second kappa shape index (κ2) is 8.62. The molecule has 0 bridgehead atoms. The number of methoxy groups -OCH3 is 1. The van der Waals surface area contributed by atoms with Gasteiger partial charge in [0.1, 0.15) is 17.9 Å². The molecule has 9 heteroatoms. The summed E-state index contributed by atoms with van der Waals surface area (Å²) in [5.41, 5.74) is 0.908. The van der Waals surface area contributed by atoms with Gasteiger partial charge in [0.25, 0.3) is 0 Å². The normalized spacial score (nSPS) is 25.2. The fourth-order valence-electron chi connectivity index (χ4n) is 3.37. The van der Waals surface area contributed by atoms with E-state index >= 15 is 0 Å². The molecule has 2 saturated heterocycles. The van der Waals surface area contributed by atoms with Gasteiger partial charge < -0.3 is 13.9 Å². The van der Waals surface area contributed by atoms with E-state index in [2.05, 4.69) is 56.5 Å². The van der Waals surface area contributed by atoms with Crippen LogP contribution in [0.4, 0.5) is 0 Å². The summed E-state index contributed by atoms with van der Waals surface area (Å²) < 4.78 is 18.1. The number of benzene rings is 1. The minimum absolute atomic E-state index is 0.0374. The molecule has 0 aromatic heterocycles. The van der Waals surface area contributed by atoms with E-state index < -0.39 is 14.4 Å². The summed E-state index contributed by atoms with van der Waals surface area (Å²) in [6.07, 6.45) is -0.210. The number of halogens is 2. The number of hydroxylamine groups is 2. The third kappa shape index (κ3) is 4.62. The van der Waals surface area contributed by atoms with Crippen LogP contribution in [0.2, 0.25) is 23.2 Å². The van der Waals surface area contributed by atoms with Crippen molar-refractivity contribution in [3.63, 3.8) is 0 Å². The van der Waals surface area contributed by atoms with E-state index in [4.69, 9.17) is 30.3 Å². The summed E-state index contributed by atoms with van der Waals surface area (Å²) >= 11 is 8.38. The number of carbonyl (C=O) groups excluding carboxylic acids is 1. The summed E-state index contributed by atoms with van der Waals surface area (Å²) in [5, 5.41) is 2.47. The average Bonchev–Trinajstić information content (AvgIpc) is 3.17.